The molecule has 5 aliphatic rings. The first-order valence-corrected chi connectivity index (χ1v) is 24.4. The van der Waals surface area contributed by atoms with E-state index in [2.05, 4.69) is 210 Å². The third-order valence-electron chi connectivity index (χ3n) is 16.8. The summed E-state index contributed by atoms with van der Waals surface area (Å²) in [6.07, 6.45) is 6.79. The van der Waals surface area contributed by atoms with Gasteiger partial charge < -0.3 is 13.9 Å². The first kappa shape index (κ1) is 37.6. The summed E-state index contributed by atoms with van der Waals surface area (Å²) in [5, 5.41) is 4.98. The minimum atomic E-state index is -0.0246. The summed E-state index contributed by atoms with van der Waals surface area (Å²) in [5.74, 6) is 3.00. The van der Waals surface area contributed by atoms with Crippen molar-refractivity contribution in [3.05, 3.63) is 217 Å². The van der Waals surface area contributed by atoms with Gasteiger partial charge in [0.15, 0.2) is 0 Å². The highest BCUT2D eigenvalue weighted by Gasteiger charge is 2.61. The van der Waals surface area contributed by atoms with E-state index in [1.807, 2.05) is 6.07 Å². The lowest BCUT2D eigenvalue weighted by molar-refractivity contribution is -0.0418. The lowest BCUT2D eigenvalue weighted by atomic mass is 9.41. The van der Waals surface area contributed by atoms with Gasteiger partial charge in [-0.25, -0.2) is 0 Å². The van der Waals surface area contributed by atoms with Gasteiger partial charge in [-0.2, -0.15) is 0 Å². The van der Waals surface area contributed by atoms with Crippen molar-refractivity contribution >= 4 is 60.8 Å². The highest BCUT2D eigenvalue weighted by Crippen LogP contribution is 2.68. The van der Waals surface area contributed by atoms with E-state index >= 15 is 0 Å². The number of aromatic nitrogens is 1. The lowest BCUT2D eigenvalue weighted by Gasteiger charge is -2.63. The van der Waals surface area contributed by atoms with Crippen LogP contribution in [0.4, 0.5) is 17.1 Å². The number of anilines is 3. The molecule has 4 bridgehead atoms. The van der Waals surface area contributed by atoms with Crippen LogP contribution in [0.2, 0.25) is 0 Å². The first-order chi connectivity index (χ1) is 33.2. The molecule has 9 aromatic carbocycles. The molecule has 1 aliphatic heterocycles. The van der Waals surface area contributed by atoms with Crippen LogP contribution in [0.25, 0.3) is 82.8 Å². The average molecular weight is 861 g/mol. The van der Waals surface area contributed by atoms with Gasteiger partial charge in [0, 0.05) is 44.0 Å². The van der Waals surface area contributed by atoms with Gasteiger partial charge in [0.25, 0.3) is 0 Å². The van der Waals surface area contributed by atoms with E-state index in [-0.39, 0.29) is 5.41 Å². The molecule has 0 saturated heterocycles. The van der Waals surface area contributed by atoms with Crippen molar-refractivity contribution in [1.82, 2.24) is 4.57 Å². The van der Waals surface area contributed by atoms with Crippen LogP contribution in [0.15, 0.2) is 211 Å². The van der Waals surface area contributed by atoms with E-state index in [0.717, 1.165) is 56.3 Å². The summed E-state index contributed by atoms with van der Waals surface area (Å²) in [7, 11) is 0. The fraction of sp³-hybridized carbons (Fsp3) is 0.156. The van der Waals surface area contributed by atoms with Gasteiger partial charge in [0.05, 0.1) is 16.7 Å². The van der Waals surface area contributed by atoms with Gasteiger partial charge >= 0.3 is 0 Å². The predicted octanol–water partition coefficient (Wildman–Crippen LogP) is 17.2. The fourth-order valence-electron chi connectivity index (χ4n) is 14.2. The molecule has 16 rings (SSSR count). The van der Waals surface area contributed by atoms with Crippen LogP contribution in [0.5, 0.6) is 0 Å². The zero-order valence-electron chi connectivity index (χ0n) is 37.3. The number of para-hydroxylation sites is 3. The Hall–Kier alpha value is -7.62. The molecular weight excluding hydrogens is 813 g/mol. The average Bonchev–Trinajstić information content (AvgIpc) is 3.93. The summed E-state index contributed by atoms with van der Waals surface area (Å²) in [4.78, 5) is 2.53. The molecule has 320 valence electrons. The molecule has 3 nitrogen and oxygen atoms in total. The monoisotopic (exact) mass is 860 g/mol. The van der Waals surface area contributed by atoms with Crippen LogP contribution >= 0.6 is 0 Å². The van der Waals surface area contributed by atoms with Crippen molar-refractivity contribution in [2.24, 2.45) is 23.7 Å². The largest absolute Gasteiger partial charge is 0.456 e. The Labute approximate surface area is 390 Å². The van der Waals surface area contributed by atoms with Gasteiger partial charge in [0.2, 0.25) is 0 Å². The molecule has 3 heterocycles. The van der Waals surface area contributed by atoms with Gasteiger partial charge in [-0.3, -0.25) is 0 Å². The molecule has 11 aromatic rings. The summed E-state index contributed by atoms with van der Waals surface area (Å²) < 4.78 is 8.98. The molecule has 67 heavy (non-hydrogen) atoms. The van der Waals surface area contributed by atoms with E-state index in [1.54, 1.807) is 11.1 Å². The van der Waals surface area contributed by atoms with E-state index < -0.39 is 0 Å². The third kappa shape index (κ3) is 5.46. The number of hydrogen-bond acceptors (Lipinski definition) is 2. The van der Waals surface area contributed by atoms with E-state index in [0.29, 0.717) is 11.8 Å². The molecule has 0 atom stereocenters. The van der Waals surface area contributed by atoms with Crippen LogP contribution in [-0.2, 0) is 5.41 Å². The molecule has 0 amide bonds. The number of benzene rings is 9. The Kier molecular flexibility index (Phi) is 7.96. The first-order valence-electron chi connectivity index (χ1n) is 24.4. The van der Waals surface area contributed by atoms with Gasteiger partial charge in [-0.1, -0.05) is 140 Å². The van der Waals surface area contributed by atoms with Crippen LogP contribution in [-0.4, -0.2) is 4.57 Å². The molecule has 4 fully saturated rings. The van der Waals surface area contributed by atoms with Crippen molar-refractivity contribution < 1.29 is 4.42 Å². The second-order valence-corrected chi connectivity index (χ2v) is 20.1. The smallest absolute Gasteiger partial charge is 0.136 e. The number of hydrogen-bond donors (Lipinski definition) is 0. The Morgan fingerprint density at radius 1 is 0.388 bits per heavy atom. The topological polar surface area (TPSA) is 21.3 Å². The highest BCUT2D eigenvalue weighted by atomic mass is 16.3. The number of fused-ring (bicyclic) bond motifs is 8. The van der Waals surface area contributed by atoms with Crippen LogP contribution < -0.4 is 4.90 Å². The Morgan fingerprint density at radius 2 is 0.925 bits per heavy atom. The summed E-state index contributed by atoms with van der Waals surface area (Å²) in [6, 6.07) is 76.9. The molecule has 0 radical (unpaired) electrons. The minimum absolute atomic E-state index is 0.0246. The molecule has 4 saturated carbocycles. The summed E-state index contributed by atoms with van der Waals surface area (Å²) >= 11 is 0. The van der Waals surface area contributed by atoms with Gasteiger partial charge in [-0.15, -0.1) is 0 Å². The maximum Gasteiger partial charge on any atom is 0.136 e. The molecular formula is C64H48N2O. The van der Waals surface area contributed by atoms with Crippen molar-refractivity contribution in [2.45, 2.75) is 37.5 Å². The molecule has 2 aromatic heterocycles. The third-order valence-corrected chi connectivity index (χ3v) is 16.8. The molecule has 0 N–H and O–H groups in total. The summed E-state index contributed by atoms with van der Waals surface area (Å²) in [6.45, 7) is 0. The zero-order valence-corrected chi connectivity index (χ0v) is 37.3. The second kappa shape index (κ2) is 14.2. The zero-order chi connectivity index (χ0) is 43.8. The van der Waals surface area contributed by atoms with Crippen molar-refractivity contribution in [1.29, 1.82) is 0 Å². The molecule has 0 unspecified atom stereocenters. The summed E-state index contributed by atoms with van der Waals surface area (Å²) in [5.41, 5.74) is 19.7. The quantitative estimate of drug-likeness (QED) is 0.166. The van der Waals surface area contributed by atoms with Crippen molar-refractivity contribution in [3.63, 3.8) is 0 Å². The van der Waals surface area contributed by atoms with Gasteiger partial charge in [0.1, 0.15) is 11.2 Å². The maximum absolute atomic E-state index is 6.35. The number of rotatable bonds is 6. The second-order valence-electron chi connectivity index (χ2n) is 20.1. The Balaban J connectivity index is 0.918. The number of nitrogens with zero attached hydrogens (tertiary/aromatic N) is 2. The standard InChI is InChI=1S/C64H48N2O/c1-2-10-42(11-3-1)43-18-20-44(21-19-43)45-22-27-50(28-23-45)65(51-29-24-46(25-30-51)47-26-31-55-54-13-5-9-17-61(54)67-62(55)37-47)52-38-56-53-12-4-7-15-59(53)66-60-16-8-6-14-57(60)64(58(39-52)63(56)66)48-33-40-32-41(35-48)36-49(64)34-40/h1-31,37-41,48-49H,32-36H2/t40-,41+,48-,49-,64?. The Bertz CT molecular complexity index is 3720. The SMILES string of the molecule is c1ccc(-c2ccc(-c3ccc(N(c4ccc(-c5ccc6c(c5)oc5ccccc56)cc4)c4cc5c6c(c4)c4ccccc4n6-c4ccccc4C54[C@H]5C[C@@H]6C[C@@H](C[C@@H]4C6)C5)cc3)cc2)cc1. The van der Waals surface area contributed by atoms with Crippen molar-refractivity contribution in [3.8, 4) is 39.1 Å². The highest BCUT2D eigenvalue weighted by molar-refractivity contribution is 6.13. The predicted molar refractivity (Wildman–Crippen MR) is 277 cm³/mol. The van der Waals surface area contributed by atoms with Crippen molar-refractivity contribution in [2.75, 3.05) is 4.90 Å². The molecule has 3 heteroatoms. The van der Waals surface area contributed by atoms with E-state index in [4.69, 9.17) is 4.42 Å². The van der Waals surface area contributed by atoms with Gasteiger partial charge in [-0.05, 0) is 167 Å². The molecule has 4 aliphatic carbocycles. The fourth-order valence-corrected chi connectivity index (χ4v) is 14.2. The minimum Gasteiger partial charge on any atom is -0.456 e. The van der Waals surface area contributed by atoms with Crippen LogP contribution in [0.1, 0.15) is 43.2 Å². The van der Waals surface area contributed by atoms with E-state index in [9.17, 15) is 0 Å². The van der Waals surface area contributed by atoms with Crippen LogP contribution in [0, 0.1) is 23.7 Å². The molecule has 1 spiro atoms. The Morgan fingerprint density at radius 3 is 1.63 bits per heavy atom. The van der Waals surface area contributed by atoms with Crippen LogP contribution in [0.3, 0.4) is 0 Å². The maximum atomic E-state index is 6.35. The normalized spacial score (nSPS) is 21.2. The van der Waals surface area contributed by atoms with E-state index in [1.165, 1.54) is 87.5 Å². The number of furan rings is 1. The lowest BCUT2D eigenvalue weighted by Crippen LogP contribution is -2.57.